The number of para-hydroxylation sites is 1. The minimum atomic E-state index is 0.743. The van der Waals surface area contributed by atoms with Crippen LogP contribution in [0.2, 0.25) is 0 Å². The van der Waals surface area contributed by atoms with Crippen LogP contribution in [-0.2, 0) is 0 Å². The first-order chi connectivity index (χ1) is 15.1. The Morgan fingerprint density at radius 1 is 1.00 bits per heavy atom. The molecule has 5 nitrogen and oxygen atoms in total. The van der Waals surface area contributed by atoms with Crippen molar-refractivity contribution >= 4 is 37.7 Å². The number of anilines is 1. The minimum Gasteiger partial charge on any atom is -0.497 e. The van der Waals surface area contributed by atoms with Crippen LogP contribution in [0.5, 0.6) is 5.75 Å². The van der Waals surface area contributed by atoms with Gasteiger partial charge in [0.25, 0.3) is 0 Å². The molecule has 2 aromatic heterocycles. The Morgan fingerprint density at radius 3 is 2.58 bits per heavy atom. The van der Waals surface area contributed by atoms with Gasteiger partial charge in [0.15, 0.2) is 0 Å². The summed E-state index contributed by atoms with van der Waals surface area (Å²) in [5, 5.41) is 7.24. The number of nitrogens with zero attached hydrogens (tertiary/aromatic N) is 2. The number of aryl methyl sites for hydroxylation is 2. The molecule has 0 radical (unpaired) electrons. The first-order valence-corrected chi connectivity index (χ1v) is 10.8. The van der Waals surface area contributed by atoms with E-state index in [0.717, 1.165) is 59.9 Å². The Balaban J connectivity index is 1.66. The van der Waals surface area contributed by atoms with Crippen LogP contribution in [0.25, 0.3) is 32.5 Å². The van der Waals surface area contributed by atoms with Crippen LogP contribution < -0.4 is 15.5 Å². The highest BCUT2D eigenvalue weighted by molar-refractivity contribution is 7.22. The van der Waals surface area contributed by atoms with Crippen molar-refractivity contribution in [3.05, 3.63) is 83.2 Å². The predicted octanol–water partition coefficient (Wildman–Crippen LogP) is 6.26. The van der Waals surface area contributed by atoms with Crippen molar-refractivity contribution in [1.29, 1.82) is 0 Å². The van der Waals surface area contributed by atoms with Gasteiger partial charge in [0.2, 0.25) is 5.13 Å². The van der Waals surface area contributed by atoms with Gasteiger partial charge in [0.1, 0.15) is 17.1 Å². The number of rotatable bonds is 4. The molecule has 0 amide bonds. The van der Waals surface area contributed by atoms with Crippen LogP contribution in [0.1, 0.15) is 11.1 Å². The predicted molar refractivity (Wildman–Crippen MR) is 126 cm³/mol. The lowest BCUT2D eigenvalue weighted by atomic mass is 10.1. The number of thiazole rings is 1. The standard InChI is InChI=1S/C25H21N3O2S/c1-15-12-16(2)24-19(13-15)21(14-22(30-24)17-8-10-18(29-3)11-9-17)27-28-25-26-20-6-4-5-7-23(20)31-25/h4-14H,1-3H3,(H,26,28). The van der Waals surface area contributed by atoms with Crippen molar-refractivity contribution in [3.8, 4) is 17.1 Å². The van der Waals surface area contributed by atoms with Crippen LogP contribution >= 0.6 is 11.3 Å². The molecular weight excluding hydrogens is 406 g/mol. The number of hydrogen-bond donors (Lipinski definition) is 1. The van der Waals surface area contributed by atoms with Gasteiger partial charge in [0, 0.05) is 17.0 Å². The monoisotopic (exact) mass is 427 g/mol. The van der Waals surface area contributed by atoms with Gasteiger partial charge in [-0.2, -0.15) is 5.10 Å². The van der Waals surface area contributed by atoms with E-state index in [4.69, 9.17) is 14.3 Å². The summed E-state index contributed by atoms with van der Waals surface area (Å²) in [7, 11) is 1.66. The van der Waals surface area contributed by atoms with Gasteiger partial charge in [-0.25, -0.2) is 4.98 Å². The molecule has 1 N–H and O–H groups in total. The highest BCUT2D eigenvalue weighted by atomic mass is 32.1. The van der Waals surface area contributed by atoms with Gasteiger partial charge < -0.3 is 9.15 Å². The van der Waals surface area contributed by atoms with Crippen LogP contribution in [0.4, 0.5) is 5.13 Å². The molecule has 0 aliphatic carbocycles. The highest BCUT2D eigenvalue weighted by Gasteiger charge is 2.10. The van der Waals surface area contributed by atoms with Gasteiger partial charge in [0.05, 0.1) is 22.7 Å². The summed E-state index contributed by atoms with van der Waals surface area (Å²) in [6.45, 7) is 4.13. The summed E-state index contributed by atoms with van der Waals surface area (Å²) < 4.78 is 12.7. The molecule has 0 unspecified atom stereocenters. The summed E-state index contributed by atoms with van der Waals surface area (Å²) in [4.78, 5) is 4.62. The number of benzene rings is 3. The number of aromatic nitrogens is 1. The Kier molecular flexibility index (Phi) is 4.92. The van der Waals surface area contributed by atoms with E-state index in [9.17, 15) is 0 Å². The molecule has 0 saturated carbocycles. The molecule has 5 aromatic rings. The molecule has 154 valence electrons. The van der Waals surface area contributed by atoms with E-state index in [2.05, 4.69) is 42.5 Å². The fraction of sp³-hybridized carbons (Fsp3) is 0.120. The number of hydrogen-bond acceptors (Lipinski definition) is 6. The summed E-state index contributed by atoms with van der Waals surface area (Å²) >= 11 is 1.58. The van der Waals surface area contributed by atoms with Crippen LogP contribution in [0, 0.1) is 13.8 Å². The zero-order valence-electron chi connectivity index (χ0n) is 17.5. The number of nitrogens with one attached hydrogen (secondary N) is 1. The molecule has 0 aliphatic heterocycles. The zero-order chi connectivity index (χ0) is 21.4. The van der Waals surface area contributed by atoms with E-state index in [1.165, 1.54) is 0 Å². The van der Waals surface area contributed by atoms with Gasteiger partial charge >= 0.3 is 0 Å². The Hall–Kier alpha value is -3.64. The maximum Gasteiger partial charge on any atom is 0.204 e. The van der Waals surface area contributed by atoms with Gasteiger partial charge in [-0.3, -0.25) is 5.43 Å². The second-order valence-corrected chi connectivity index (χ2v) is 8.42. The Morgan fingerprint density at radius 2 is 1.81 bits per heavy atom. The Labute approximate surface area is 183 Å². The summed E-state index contributed by atoms with van der Waals surface area (Å²) in [6.07, 6.45) is 0. The third-order valence-corrected chi connectivity index (χ3v) is 6.06. The highest BCUT2D eigenvalue weighted by Crippen LogP contribution is 2.28. The van der Waals surface area contributed by atoms with Gasteiger partial charge in [-0.15, -0.1) is 0 Å². The fourth-order valence-corrected chi connectivity index (χ4v) is 4.45. The summed E-state index contributed by atoms with van der Waals surface area (Å²) in [5.41, 5.74) is 8.12. The van der Waals surface area contributed by atoms with E-state index in [1.54, 1.807) is 18.4 Å². The molecule has 0 bridgehead atoms. The van der Waals surface area contributed by atoms with E-state index >= 15 is 0 Å². The normalized spacial score (nSPS) is 11.9. The summed E-state index contributed by atoms with van der Waals surface area (Å²) in [5.74, 6) is 1.55. The third kappa shape index (κ3) is 3.78. The van der Waals surface area contributed by atoms with E-state index < -0.39 is 0 Å². The smallest absolute Gasteiger partial charge is 0.204 e. The largest absolute Gasteiger partial charge is 0.497 e. The molecule has 0 atom stereocenters. The fourth-order valence-electron chi connectivity index (χ4n) is 3.64. The second kappa shape index (κ2) is 7.89. The third-order valence-electron chi connectivity index (χ3n) is 5.12. The van der Waals surface area contributed by atoms with Crippen LogP contribution in [0.3, 0.4) is 0 Å². The molecule has 0 spiro atoms. The lowest BCUT2D eigenvalue weighted by Crippen LogP contribution is -2.08. The van der Waals surface area contributed by atoms with Crippen molar-refractivity contribution in [3.63, 3.8) is 0 Å². The summed E-state index contributed by atoms with van der Waals surface area (Å²) in [6, 6.07) is 22.1. The molecule has 0 fully saturated rings. The SMILES string of the molecule is COc1ccc(-c2cc(=NNc3nc4ccccc4s3)c3cc(C)cc(C)c3o2)cc1. The average Bonchev–Trinajstić information content (AvgIpc) is 3.21. The second-order valence-electron chi connectivity index (χ2n) is 7.39. The van der Waals surface area contributed by atoms with Crippen molar-refractivity contribution in [2.24, 2.45) is 5.10 Å². The minimum absolute atomic E-state index is 0.743. The zero-order valence-corrected chi connectivity index (χ0v) is 18.3. The lowest BCUT2D eigenvalue weighted by molar-refractivity contribution is 0.415. The topological polar surface area (TPSA) is 59.6 Å². The Bertz CT molecular complexity index is 1430. The van der Waals surface area contributed by atoms with E-state index in [0.29, 0.717) is 0 Å². The quantitative estimate of drug-likeness (QED) is 0.344. The van der Waals surface area contributed by atoms with Gasteiger partial charge in [-0.05, 0) is 67.4 Å². The average molecular weight is 428 g/mol. The van der Waals surface area contributed by atoms with Crippen molar-refractivity contribution in [2.75, 3.05) is 12.5 Å². The molecule has 0 saturated heterocycles. The molecule has 5 rings (SSSR count). The molecular formula is C25H21N3O2S. The molecule has 2 heterocycles. The molecule has 6 heteroatoms. The maximum atomic E-state index is 6.31. The van der Waals surface area contributed by atoms with Gasteiger partial charge in [-0.1, -0.05) is 29.5 Å². The molecule has 0 aliphatic rings. The first-order valence-electron chi connectivity index (χ1n) is 9.95. The molecule has 3 aromatic carbocycles. The number of methoxy groups -OCH3 is 1. The molecule has 31 heavy (non-hydrogen) atoms. The van der Waals surface area contributed by atoms with Crippen LogP contribution in [-0.4, -0.2) is 12.1 Å². The van der Waals surface area contributed by atoms with Crippen LogP contribution in [0.15, 0.2) is 76.2 Å². The van der Waals surface area contributed by atoms with Crippen molar-refractivity contribution in [1.82, 2.24) is 4.98 Å². The first kappa shape index (κ1) is 19.3. The van der Waals surface area contributed by atoms with E-state index in [1.807, 2.05) is 48.5 Å². The lowest BCUT2D eigenvalue weighted by Gasteiger charge is -2.09. The van der Waals surface area contributed by atoms with E-state index in [-0.39, 0.29) is 0 Å². The number of ether oxygens (including phenoxy) is 1. The number of fused-ring (bicyclic) bond motifs is 2. The van der Waals surface area contributed by atoms with Crippen molar-refractivity contribution < 1.29 is 9.15 Å². The maximum absolute atomic E-state index is 6.31. The van der Waals surface area contributed by atoms with Crippen molar-refractivity contribution in [2.45, 2.75) is 13.8 Å².